The van der Waals surface area contributed by atoms with E-state index in [2.05, 4.69) is 0 Å². The van der Waals surface area contributed by atoms with Crippen molar-refractivity contribution in [2.24, 2.45) is 0 Å². The molecule has 12 nitrogen and oxygen atoms in total. The van der Waals surface area contributed by atoms with E-state index in [-0.39, 0.29) is 6.61 Å². The Hall–Kier alpha value is -4.10. The maximum absolute atomic E-state index is 12.3. The van der Waals surface area contributed by atoms with Crippen LogP contribution in [0.2, 0.25) is 0 Å². The number of ether oxygens (including phenoxy) is 6. The van der Waals surface area contributed by atoms with Crippen LogP contribution in [0.25, 0.3) is 11.0 Å². The summed E-state index contributed by atoms with van der Waals surface area (Å²) in [6.45, 7) is 7.41. The monoisotopic (exact) mass is 614 g/mol. The summed E-state index contributed by atoms with van der Waals surface area (Å²) in [6, 6.07) is 15.3. The first kappa shape index (κ1) is 31.8. The van der Waals surface area contributed by atoms with Crippen LogP contribution in [0.1, 0.15) is 40.2 Å². The topological polar surface area (TPSA) is 141 Å². The molecule has 4 rings (SSSR count). The molecular formula is C30H34N2O10S. The Labute approximate surface area is 252 Å². The number of para-hydroxylation sites is 2. The molecule has 5 atom stereocenters. The summed E-state index contributed by atoms with van der Waals surface area (Å²) in [5.41, 5.74) is 1.55. The number of carbonyl (C=O) groups excluding carboxylic acids is 4. The lowest BCUT2D eigenvalue weighted by atomic mass is 9.99. The molecule has 0 radical (unpaired) electrons. The zero-order valence-corrected chi connectivity index (χ0v) is 25.3. The van der Waals surface area contributed by atoms with Crippen LogP contribution >= 0.6 is 11.8 Å². The quantitative estimate of drug-likeness (QED) is 0.230. The largest absolute Gasteiger partial charge is 0.494 e. The summed E-state index contributed by atoms with van der Waals surface area (Å²) in [6.07, 6.45) is -4.75. The van der Waals surface area contributed by atoms with E-state index in [9.17, 15) is 19.2 Å². The summed E-state index contributed by atoms with van der Waals surface area (Å²) in [7, 11) is 0. The van der Waals surface area contributed by atoms with Gasteiger partial charge in [-0.05, 0) is 36.8 Å². The Morgan fingerprint density at radius 1 is 0.837 bits per heavy atom. The van der Waals surface area contributed by atoms with Crippen LogP contribution < -0.4 is 4.74 Å². The van der Waals surface area contributed by atoms with Gasteiger partial charge in [-0.15, -0.1) is 0 Å². The maximum Gasteiger partial charge on any atom is 0.303 e. The molecule has 1 aliphatic heterocycles. The third-order valence-corrected chi connectivity index (χ3v) is 7.50. The minimum Gasteiger partial charge on any atom is -0.494 e. The highest BCUT2D eigenvalue weighted by Gasteiger charge is 2.52. The van der Waals surface area contributed by atoms with Crippen LogP contribution in [-0.2, 0) is 49.4 Å². The minimum atomic E-state index is -1.26. The van der Waals surface area contributed by atoms with E-state index < -0.39 is 53.7 Å². The van der Waals surface area contributed by atoms with Crippen LogP contribution in [0, 0.1) is 0 Å². The number of fused-ring (bicyclic) bond motifs is 1. The lowest BCUT2D eigenvalue weighted by Crippen LogP contribution is -2.61. The van der Waals surface area contributed by atoms with E-state index in [1.807, 2.05) is 60.0 Å². The highest BCUT2D eigenvalue weighted by molar-refractivity contribution is 7.99. The Morgan fingerprint density at radius 3 is 2.09 bits per heavy atom. The van der Waals surface area contributed by atoms with Gasteiger partial charge < -0.3 is 33.0 Å². The number of esters is 4. The van der Waals surface area contributed by atoms with Gasteiger partial charge in [-0.1, -0.05) is 36.0 Å². The highest BCUT2D eigenvalue weighted by Crippen LogP contribution is 2.38. The number of carbonyl (C=O) groups is 4. The van der Waals surface area contributed by atoms with Crippen molar-refractivity contribution in [1.82, 2.24) is 9.55 Å². The number of benzene rings is 2. The van der Waals surface area contributed by atoms with E-state index in [1.165, 1.54) is 27.7 Å². The molecule has 0 spiro atoms. The van der Waals surface area contributed by atoms with Crippen molar-refractivity contribution >= 4 is 46.7 Å². The Morgan fingerprint density at radius 2 is 1.47 bits per heavy atom. The normalized spacial score (nSPS) is 21.6. The molecule has 230 valence electrons. The number of thioether (sulfide) groups is 1. The van der Waals surface area contributed by atoms with E-state index in [0.717, 1.165) is 34.1 Å². The second-order valence-electron chi connectivity index (χ2n) is 9.73. The number of hydrogen-bond donors (Lipinski definition) is 0. The molecule has 1 aromatic heterocycles. The summed E-state index contributed by atoms with van der Waals surface area (Å²) in [4.78, 5) is 53.0. The zero-order valence-electron chi connectivity index (χ0n) is 24.5. The summed E-state index contributed by atoms with van der Waals surface area (Å²) in [5.74, 6) is -1.88. The lowest BCUT2D eigenvalue weighted by molar-refractivity contribution is -0.237. The van der Waals surface area contributed by atoms with Crippen molar-refractivity contribution in [1.29, 1.82) is 0 Å². The maximum atomic E-state index is 12.3. The summed E-state index contributed by atoms with van der Waals surface area (Å²) in [5, 5.41) is 0.524. The second kappa shape index (κ2) is 14.4. The third kappa shape index (κ3) is 8.26. The van der Waals surface area contributed by atoms with Gasteiger partial charge in [0.05, 0.1) is 24.2 Å². The first-order valence-corrected chi connectivity index (χ1v) is 14.6. The average Bonchev–Trinajstić information content (AvgIpc) is 3.28. The van der Waals surface area contributed by atoms with Crippen molar-refractivity contribution in [2.45, 2.75) is 76.2 Å². The molecule has 0 bridgehead atoms. The molecule has 0 saturated carbocycles. The molecule has 0 N–H and O–H groups in total. The standard InChI is InChI=1S/C30H34N2O10S/c1-6-37-22-13-11-21(12-14-22)15-32-24-10-8-7-9-23(24)31-30(32)43-29-28(41-20(5)36)27(40-19(4)35)26(39-18(3)34)25(42-29)16-38-17(2)33/h7-14,25-29H,6,15-16H2,1-5H3. The van der Waals surface area contributed by atoms with Crippen LogP contribution in [0.5, 0.6) is 5.75 Å². The zero-order chi connectivity index (χ0) is 31.1. The predicted octanol–water partition coefficient (Wildman–Crippen LogP) is 3.66. The molecule has 0 aliphatic carbocycles. The van der Waals surface area contributed by atoms with Crippen molar-refractivity contribution in [3.63, 3.8) is 0 Å². The molecule has 5 unspecified atom stereocenters. The second-order valence-corrected chi connectivity index (χ2v) is 10.8. The molecule has 2 heterocycles. The first-order valence-electron chi connectivity index (χ1n) is 13.7. The van der Waals surface area contributed by atoms with E-state index in [0.29, 0.717) is 18.3 Å². The fourth-order valence-corrected chi connectivity index (χ4v) is 5.92. The fraction of sp³-hybridized carbons (Fsp3) is 0.433. The molecule has 1 saturated heterocycles. The lowest BCUT2D eigenvalue weighted by Gasteiger charge is -2.44. The van der Waals surface area contributed by atoms with Gasteiger partial charge in [0.25, 0.3) is 0 Å². The number of hydrogen-bond acceptors (Lipinski definition) is 12. The molecule has 3 aromatic rings. The Bertz CT molecular complexity index is 1460. The first-order chi connectivity index (χ1) is 20.5. The molecule has 43 heavy (non-hydrogen) atoms. The van der Waals surface area contributed by atoms with Crippen molar-refractivity contribution in [2.75, 3.05) is 13.2 Å². The van der Waals surface area contributed by atoms with Gasteiger partial charge in [0, 0.05) is 27.7 Å². The third-order valence-electron chi connectivity index (χ3n) is 6.36. The number of imidazole rings is 1. The molecular weight excluding hydrogens is 580 g/mol. The smallest absolute Gasteiger partial charge is 0.303 e. The molecule has 2 aromatic carbocycles. The van der Waals surface area contributed by atoms with Gasteiger partial charge in [-0.25, -0.2) is 4.98 Å². The molecule has 0 amide bonds. The molecule has 1 fully saturated rings. The van der Waals surface area contributed by atoms with Crippen LogP contribution in [-0.4, -0.2) is 76.5 Å². The van der Waals surface area contributed by atoms with Gasteiger partial charge >= 0.3 is 23.9 Å². The Balaban J connectivity index is 1.74. The van der Waals surface area contributed by atoms with Gasteiger partial charge in [0.1, 0.15) is 18.5 Å². The van der Waals surface area contributed by atoms with E-state index >= 15 is 0 Å². The van der Waals surface area contributed by atoms with Gasteiger partial charge in [-0.3, -0.25) is 19.2 Å². The number of aromatic nitrogens is 2. The average molecular weight is 615 g/mol. The molecule has 13 heteroatoms. The van der Waals surface area contributed by atoms with Crippen LogP contribution in [0.15, 0.2) is 53.7 Å². The van der Waals surface area contributed by atoms with Crippen molar-refractivity contribution in [3.05, 3.63) is 54.1 Å². The van der Waals surface area contributed by atoms with E-state index in [1.54, 1.807) is 0 Å². The fourth-order valence-electron chi connectivity index (χ4n) is 4.72. The summed E-state index contributed by atoms with van der Waals surface area (Å²) < 4.78 is 35.7. The van der Waals surface area contributed by atoms with Crippen LogP contribution in [0.3, 0.4) is 0 Å². The van der Waals surface area contributed by atoms with Crippen molar-refractivity contribution in [3.8, 4) is 5.75 Å². The summed E-state index contributed by atoms with van der Waals surface area (Å²) >= 11 is 1.14. The van der Waals surface area contributed by atoms with Crippen LogP contribution in [0.4, 0.5) is 0 Å². The minimum absolute atomic E-state index is 0.308. The molecule has 1 aliphatic rings. The van der Waals surface area contributed by atoms with Gasteiger partial charge in [-0.2, -0.15) is 0 Å². The Kier molecular flexibility index (Phi) is 10.6. The highest BCUT2D eigenvalue weighted by atomic mass is 32.2. The number of rotatable bonds is 11. The number of nitrogens with zero attached hydrogens (tertiary/aromatic N) is 2. The van der Waals surface area contributed by atoms with Crippen molar-refractivity contribution < 1.29 is 47.6 Å². The predicted molar refractivity (Wildman–Crippen MR) is 154 cm³/mol. The van der Waals surface area contributed by atoms with E-state index in [4.69, 9.17) is 33.4 Å². The SMILES string of the molecule is CCOc1ccc(Cn2c(SC3OC(COC(C)=O)C(OC(C)=O)C(OC(C)=O)C3OC(C)=O)nc3ccccc32)cc1. The van der Waals surface area contributed by atoms with Gasteiger partial charge in [0.15, 0.2) is 28.9 Å². The van der Waals surface area contributed by atoms with Gasteiger partial charge in [0.2, 0.25) is 0 Å².